The average Bonchev–Trinajstić information content (AvgIpc) is 2.92. The molecule has 4 nitrogen and oxygen atoms in total. The molecule has 7 heteroatoms. The van der Waals surface area contributed by atoms with E-state index < -0.39 is 15.2 Å². The number of thioether (sulfide) groups is 1. The molecule has 1 saturated heterocycles. The van der Waals surface area contributed by atoms with E-state index in [1.165, 1.54) is 11.1 Å². The summed E-state index contributed by atoms with van der Waals surface area (Å²) in [7, 11) is -3.10. The summed E-state index contributed by atoms with van der Waals surface area (Å²) in [6, 6.07) is 4.02. The van der Waals surface area contributed by atoms with Gasteiger partial charge in [-0.1, -0.05) is 13.0 Å². The van der Waals surface area contributed by atoms with Gasteiger partial charge in [-0.2, -0.15) is 11.8 Å². The highest BCUT2D eigenvalue weighted by Crippen LogP contribution is 2.34. The maximum absolute atomic E-state index is 12.1. The highest BCUT2D eigenvalue weighted by molar-refractivity contribution is 8.00. The highest BCUT2D eigenvalue weighted by atomic mass is 32.2. The molecule has 0 aliphatic carbocycles. The molecule has 0 amide bonds. The first-order valence-corrected chi connectivity index (χ1v) is 10.8. The molecule has 2 rings (SSSR count). The minimum Gasteiger partial charge on any atom is -0.326 e. The van der Waals surface area contributed by atoms with Crippen LogP contribution in [0, 0.1) is 0 Å². The van der Waals surface area contributed by atoms with E-state index in [1.807, 2.05) is 11.4 Å². The van der Waals surface area contributed by atoms with E-state index in [0.29, 0.717) is 5.75 Å². The van der Waals surface area contributed by atoms with Gasteiger partial charge in [-0.05, 0) is 17.9 Å². The van der Waals surface area contributed by atoms with Crippen LogP contribution < -0.4 is 5.73 Å². The van der Waals surface area contributed by atoms with Crippen LogP contribution in [0.15, 0.2) is 17.5 Å². The van der Waals surface area contributed by atoms with Crippen molar-refractivity contribution in [3.8, 4) is 0 Å². The van der Waals surface area contributed by atoms with Crippen molar-refractivity contribution in [2.75, 3.05) is 24.3 Å². The molecule has 3 unspecified atom stereocenters. The lowest BCUT2D eigenvalue weighted by Gasteiger charge is -2.41. The number of hydrogen-bond acceptors (Lipinski definition) is 6. The van der Waals surface area contributed by atoms with E-state index in [9.17, 15) is 8.42 Å². The number of rotatable bonds is 5. The van der Waals surface area contributed by atoms with Crippen molar-refractivity contribution in [3.05, 3.63) is 22.4 Å². The molecule has 114 valence electrons. The zero-order chi connectivity index (χ0) is 14.8. The number of nitrogens with zero attached hydrogens (tertiary/aromatic N) is 1. The highest BCUT2D eigenvalue weighted by Gasteiger charge is 2.38. The molecule has 0 saturated carbocycles. The second-order valence-corrected chi connectivity index (χ2v) is 9.46. The van der Waals surface area contributed by atoms with Crippen LogP contribution in [0.5, 0.6) is 0 Å². The maximum atomic E-state index is 12.1. The van der Waals surface area contributed by atoms with Crippen LogP contribution in [0.4, 0.5) is 0 Å². The molecular formula is C13H22N2O2S3. The van der Waals surface area contributed by atoms with Crippen LogP contribution in [0.2, 0.25) is 0 Å². The first-order valence-electron chi connectivity index (χ1n) is 6.76. The molecule has 0 aromatic carbocycles. The summed E-state index contributed by atoms with van der Waals surface area (Å²) < 4.78 is 24.2. The molecule has 2 heterocycles. The van der Waals surface area contributed by atoms with Gasteiger partial charge in [0.15, 0.2) is 9.84 Å². The third-order valence-electron chi connectivity index (χ3n) is 3.69. The molecular weight excluding hydrogens is 312 g/mol. The largest absolute Gasteiger partial charge is 0.326 e. The molecule has 1 aromatic rings. The number of thiophene rings is 1. The number of hydrogen-bond donors (Lipinski definition) is 1. The van der Waals surface area contributed by atoms with Gasteiger partial charge in [0, 0.05) is 35.2 Å². The molecule has 1 aliphatic heterocycles. The summed E-state index contributed by atoms with van der Waals surface area (Å²) in [5.74, 6) is 1.60. The van der Waals surface area contributed by atoms with Crippen molar-refractivity contribution in [1.82, 2.24) is 4.90 Å². The van der Waals surface area contributed by atoms with Crippen LogP contribution in [0.1, 0.15) is 24.3 Å². The van der Waals surface area contributed by atoms with Crippen LogP contribution >= 0.6 is 23.1 Å². The normalized spacial score (nSPS) is 24.4. The van der Waals surface area contributed by atoms with Gasteiger partial charge in [-0.15, -0.1) is 11.3 Å². The van der Waals surface area contributed by atoms with Crippen molar-refractivity contribution in [1.29, 1.82) is 0 Å². The van der Waals surface area contributed by atoms with E-state index in [4.69, 9.17) is 5.73 Å². The fraction of sp³-hybridized carbons (Fsp3) is 0.692. The second-order valence-electron chi connectivity index (χ2n) is 5.13. The summed E-state index contributed by atoms with van der Waals surface area (Å²) >= 11 is 3.37. The first-order chi connectivity index (χ1) is 9.45. The van der Waals surface area contributed by atoms with Gasteiger partial charge in [0.1, 0.15) is 5.37 Å². The van der Waals surface area contributed by atoms with Crippen LogP contribution in [0.3, 0.4) is 0 Å². The van der Waals surface area contributed by atoms with Crippen molar-refractivity contribution >= 4 is 32.9 Å². The third-order valence-corrected chi connectivity index (χ3v) is 7.29. The number of nitrogens with two attached hydrogens (primary N) is 1. The first kappa shape index (κ1) is 16.3. The van der Waals surface area contributed by atoms with E-state index in [-0.39, 0.29) is 12.1 Å². The topological polar surface area (TPSA) is 63.4 Å². The molecule has 2 N–H and O–H groups in total. The van der Waals surface area contributed by atoms with Gasteiger partial charge in [-0.3, -0.25) is 4.90 Å². The smallest absolute Gasteiger partial charge is 0.164 e. The van der Waals surface area contributed by atoms with E-state index in [1.54, 1.807) is 23.1 Å². The Morgan fingerprint density at radius 2 is 2.30 bits per heavy atom. The minimum atomic E-state index is -3.10. The average molecular weight is 335 g/mol. The number of sulfone groups is 1. The fourth-order valence-electron chi connectivity index (χ4n) is 2.58. The van der Waals surface area contributed by atoms with E-state index in [2.05, 4.69) is 17.9 Å². The zero-order valence-corrected chi connectivity index (χ0v) is 14.3. The summed E-state index contributed by atoms with van der Waals surface area (Å²) in [5, 5.41) is 1.60. The summed E-state index contributed by atoms with van der Waals surface area (Å²) in [6.45, 7) is 2.83. The van der Waals surface area contributed by atoms with Gasteiger partial charge in [0.2, 0.25) is 0 Å². The molecule has 1 aromatic heterocycles. The Bertz CT molecular complexity index is 516. The van der Waals surface area contributed by atoms with Gasteiger partial charge < -0.3 is 5.73 Å². The van der Waals surface area contributed by atoms with Gasteiger partial charge in [0.05, 0.1) is 6.04 Å². The Kier molecular flexibility index (Phi) is 5.53. The van der Waals surface area contributed by atoms with Crippen molar-refractivity contribution in [3.63, 3.8) is 0 Å². The lowest BCUT2D eigenvalue weighted by molar-refractivity contribution is 0.168. The molecule has 3 atom stereocenters. The summed E-state index contributed by atoms with van der Waals surface area (Å²) in [6.07, 6.45) is 2.17. The monoisotopic (exact) mass is 334 g/mol. The molecule has 0 radical (unpaired) electrons. The Labute approximate surface area is 129 Å². The lowest BCUT2D eigenvalue weighted by Crippen LogP contribution is -2.52. The van der Waals surface area contributed by atoms with E-state index in [0.717, 1.165) is 18.7 Å². The van der Waals surface area contributed by atoms with Gasteiger partial charge >= 0.3 is 0 Å². The Balaban J connectivity index is 2.35. The van der Waals surface area contributed by atoms with Crippen molar-refractivity contribution < 1.29 is 8.42 Å². The molecule has 0 bridgehead atoms. The minimum absolute atomic E-state index is 0.000579. The van der Waals surface area contributed by atoms with Crippen molar-refractivity contribution in [2.45, 2.75) is 30.8 Å². The molecule has 20 heavy (non-hydrogen) atoms. The van der Waals surface area contributed by atoms with Crippen LogP contribution in [-0.2, 0) is 9.84 Å². The summed E-state index contributed by atoms with van der Waals surface area (Å²) in [5.41, 5.74) is 6.31. The van der Waals surface area contributed by atoms with Crippen molar-refractivity contribution in [2.24, 2.45) is 5.73 Å². The summed E-state index contributed by atoms with van der Waals surface area (Å²) in [4.78, 5) is 3.27. The second kappa shape index (κ2) is 6.79. The Morgan fingerprint density at radius 3 is 2.85 bits per heavy atom. The SMILES string of the molecule is CCC(N)C(c1cccs1)N1CCSCC1S(C)(=O)=O. The lowest BCUT2D eigenvalue weighted by atomic mass is 10.0. The predicted molar refractivity (Wildman–Crippen MR) is 88.0 cm³/mol. The standard InChI is InChI=1S/C13H22N2O2S3/c1-3-10(14)13(11-5-4-7-19-11)15-6-8-18-9-12(15)20(2,16)17/h4-5,7,10,12-13H,3,6,8-9,14H2,1-2H3. The third kappa shape index (κ3) is 3.57. The zero-order valence-electron chi connectivity index (χ0n) is 11.9. The molecule has 1 fully saturated rings. The Morgan fingerprint density at radius 1 is 1.55 bits per heavy atom. The molecule has 0 spiro atoms. The van der Waals surface area contributed by atoms with Crippen LogP contribution in [-0.4, -0.2) is 49.0 Å². The predicted octanol–water partition coefficient (Wildman–Crippen LogP) is 1.95. The van der Waals surface area contributed by atoms with E-state index >= 15 is 0 Å². The quantitative estimate of drug-likeness (QED) is 0.891. The van der Waals surface area contributed by atoms with Crippen LogP contribution in [0.25, 0.3) is 0 Å². The van der Waals surface area contributed by atoms with Gasteiger partial charge in [-0.25, -0.2) is 8.42 Å². The van der Waals surface area contributed by atoms with Gasteiger partial charge in [0.25, 0.3) is 0 Å². The maximum Gasteiger partial charge on any atom is 0.164 e. The fourth-order valence-corrected chi connectivity index (χ4v) is 6.41. The molecule has 1 aliphatic rings. The Hall–Kier alpha value is -0.0800.